The lowest BCUT2D eigenvalue weighted by Gasteiger charge is -2.08. The zero-order valence-electron chi connectivity index (χ0n) is 17.1. The van der Waals surface area contributed by atoms with Gasteiger partial charge in [-0.25, -0.2) is 0 Å². The molecule has 2 aromatic heterocycles. The molecule has 0 bridgehead atoms. The molecule has 0 atom stereocenters. The first-order chi connectivity index (χ1) is 14.0. The molecule has 2 N–H and O–H groups in total. The Kier molecular flexibility index (Phi) is 5.21. The minimum Gasteiger partial charge on any atom is -0.361 e. The molecule has 0 aliphatic heterocycles. The molecular weight excluding hydrogens is 360 g/mol. The maximum atomic E-state index is 12.6. The van der Waals surface area contributed by atoms with Crippen LogP contribution in [0.1, 0.15) is 34.5 Å². The van der Waals surface area contributed by atoms with E-state index in [2.05, 4.69) is 52.7 Å². The molecule has 0 aliphatic rings. The molecular formula is C24H26N4O. The standard InChI is InChI=1S/C24H26N4O/c1-16-7-6-8-19(13-16)15-28-18(3)24(17(2)27-28)26-23(29)12-11-20-14-25-22-10-5-4-9-21(20)22/h4-10,13-14,25H,11-12,15H2,1-3H3,(H,26,29). The Labute approximate surface area is 170 Å². The predicted octanol–water partition coefficient (Wildman–Crippen LogP) is 4.91. The fourth-order valence-electron chi connectivity index (χ4n) is 3.80. The van der Waals surface area contributed by atoms with E-state index in [0.717, 1.165) is 22.6 Å². The number of H-pyrrole nitrogens is 1. The van der Waals surface area contributed by atoms with Gasteiger partial charge in [0.25, 0.3) is 0 Å². The Balaban J connectivity index is 1.43. The van der Waals surface area contributed by atoms with Gasteiger partial charge < -0.3 is 10.3 Å². The summed E-state index contributed by atoms with van der Waals surface area (Å²) in [5.74, 6) is 0.0107. The molecule has 0 spiro atoms. The number of fused-ring (bicyclic) bond motifs is 1. The minimum atomic E-state index is 0.0107. The number of nitrogens with zero attached hydrogens (tertiary/aromatic N) is 2. The lowest BCUT2D eigenvalue weighted by atomic mass is 10.1. The number of para-hydroxylation sites is 1. The summed E-state index contributed by atoms with van der Waals surface area (Å²) in [5, 5.41) is 8.89. The molecule has 1 amide bonds. The quantitative estimate of drug-likeness (QED) is 0.495. The van der Waals surface area contributed by atoms with Gasteiger partial charge in [0.05, 0.1) is 23.6 Å². The van der Waals surface area contributed by atoms with Crippen molar-refractivity contribution >= 4 is 22.5 Å². The molecule has 0 saturated carbocycles. The lowest BCUT2D eigenvalue weighted by Crippen LogP contribution is -2.13. The van der Waals surface area contributed by atoms with E-state index in [1.54, 1.807) is 0 Å². The third-order valence-electron chi connectivity index (χ3n) is 5.36. The van der Waals surface area contributed by atoms with Crippen molar-refractivity contribution in [3.63, 3.8) is 0 Å². The monoisotopic (exact) mass is 386 g/mol. The Morgan fingerprint density at radius 1 is 1.10 bits per heavy atom. The third-order valence-corrected chi connectivity index (χ3v) is 5.36. The van der Waals surface area contributed by atoms with Gasteiger partial charge in [0.2, 0.25) is 5.91 Å². The summed E-state index contributed by atoms with van der Waals surface area (Å²) < 4.78 is 1.96. The molecule has 0 radical (unpaired) electrons. The molecule has 2 heterocycles. The van der Waals surface area contributed by atoms with E-state index in [1.165, 1.54) is 22.1 Å². The van der Waals surface area contributed by atoms with Gasteiger partial charge >= 0.3 is 0 Å². The van der Waals surface area contributed by atoms with E-state index in [0.29, 0.717) is 19.4 Å². The average Bonchev–Trinajstić information content (AvgIpc) is 3.23. The number of aromatic nitrogens is 3. The summed E-state index contributed by atoms with van der Waals surface area (Å²) in [6.45, 7) is 6.73. The fourth-order valence-corrected chi connectivity index (χ4v) is 3.80. The zero-order chi connectivity index (χ0) is 20.4. The highest BCUT2D eigenvalue weighted by Gasteiger charge is 2.15. The van der Waals surface area contributed by atoms with Gasteiger partial charge in [0.15, 0.2) is 0 Å². The van der Waals surface area contributed by atoms with Crippen molar-refractivity contribution in [2.45, 2.75) is 40.2 Å². The lowest BCUT2D eigenvalue weighted by molar-refractivity contribution is -0.116. The second-order valence-corrected chi connectivity index (χ2v) is 7.60. The summed E-state index contributed by atoms with van der Waals surface area (Å²) in [5.41, 5.74) is 7.34. The van der Waals surface area contributed by atoms with Gasteiger partial charge in [-0.05, 0) is 44.4 Å². The maximum Gasteiger partial charge on any atom is 0.224 e. The number of aryl methyl sites for hydroxylation is 3. The fraction of sp³-hybridized carbons (Fsp3) is 0.250. The minimum absolute atomic E-state index is 0.0107. The van der Waals surface area contributed by atoms with Crippen LogP contribution in [0.5, 0.6) is 0 Å². The van der Waals surface area contributed by atoms with Crippen molar-refractivity contribution in [3.05, 3.63) is 82.8 Å². The van der Waals surface area contributed by atoms with E-state index >= 15 is 0 Å². The number of hydrogen-bond acceptors (Lipinski definition) is 2. The van der Waals surface area contributed by atoms with Crippen LogP contribution in [0.4, 0.5) is 5.69 Å². The van der Waals surface area contributed by atoms with Crippen LogP contribution >= 0.6 is 0 Å². The maximum absolute atomic E-state index is 12.6. The van der Waals surface area contributed by atoms with Crippen LogP contribution in [0.3, 0.4) is 0 Å². The normalized spacial score (nSPS) is 11.1. The molecule has 148 valence electrons. The third kappa shape index (κ3) is 4.09. The summed E-state index contributed by atoms with van der Waals surface area (Å²) in [4.78, 5) is 15.9. The van der Waals surface area contributed by atoms with Crippen LogP contribution in [-0.4, -0.2) is 20.7 Å². The Morgan fingerprint density at radius 3 is 2.76 bits per heavy atom. The van der Waals surface area contributed by atoms with Crippen LogP contribution in [0.2, 0.25) is 0 Å². The molecule has 0 aliphatic carbocycles. The van der Waals surface area contributed by atoms with Crippen molar-refractivity contribution in [2.24, 2.45) is 0 Å². The number of rotatable bonds is 6. The predicted molar refractivity (Wildman–Crippen MR) is 117 cm³/mol. The van der Waals surface area contributed by atoms with Crippen LogP contribution in [0, 0.1) is 20.8 Å². The molecule has 4 rings (SSSR count). The number of anilines is 1. The van der Waals surface area contributed by atoms with Gasteiger partial charge in [-0.1, -0.05) is 48.0 Å². The summed E-state index contributed by atoms with van der Waals surface area (Å²) in [7, 11) is 0. The number of hydrogen-bond donors (Lipinski definition) is 2. The van der Waals surface area contributed by atoms with E-state index in [9.17, 15) is 4.79 Å². The van der Waals surface area contributed by atoms with Crippen LogP contribution < -0.4 is 5.32 Å². The molecule has 0 unspecified atom stereocenters. The molecule has 4 aromatic rings. The topological polar surface area (TPSA) is 62.7 Å². The first-order valence-electron chi connectivity index (χ1n) is 9.95. The first-order valence-corrected chi connectivity index (χ1v) is 9.95. The number of amides is 1. The number of nitrogens with one attached hydrogen (secondary N) is 2. The number of aromatic amines is 1. The Hall–Kier alpha value is -3.34. The summed E-state index contributed by atoms with van der Waals surface area (Å²) >= 11 is 0. The average molecular weight is 386 g/mol. The Bertz CT molecular complexity index is 1170. The number of carbonyl (C=O) groups excluding carboxylic acids is 1. The van der Waals surface area contributed by atoms with Gasteiger partial charge in [0.1, 0.15) is 0 Å². The van der Waals surface area contributed by atoms with Crippen molar-refractivity contribution in [3.8, 4) is 0 Å². The highest BCUT2D eigenvalue weighted by molar-refractivity contribution is 5.92. The van der Waals surface area contributed by atoms with Crippen molar-refractivity contribution < 1.29 is 4.79 Å². The SMILES string of the molecule is Cc1cccc(Cn2nc(C)c(NC(=O)CCc3c[nH]c4ccccc34)c2C)c1. The van der Waals surface area contributed by atoms with Gasteiger partial charge in [-0.15, -0.1) is 0 Å². The van der Waals surface area contributed by atoms with Crippen LogP contribution in [-0.2, 0) is 17.8 Å². The number of carbonyl (C=O) groups is 1. The first kappa shape index (κ1) is 19.0. The molecule has 29 heavy (non-hydrogen) atoms. The second kappa shape index (κ2) is 7.95. The van der Waals surface area contributed by atoms with Gasteiger partial charge in [0, 0.05) is 23.5 Å². The van der Waals surface area contributed by atoms with E-state index in [-0.39, 0.29) is 5.91 Å². The smallest absolute Gasteiger partial charge is 0.224 e. The second-order valence-electron chi connectivity index (χ2n) is 7.60. The molecule has 0 fully saturated rings. The zero-order valence-corrected chi connectivity index (χ0v) is 17.1. The van der Waals surface area contributed by atoms with Crippen molar-refractivity contribution in [2.75, 3.05) is 5.32 Å². The molecule has 0 saturated heterocycles. The number of benzene rings is 2. The highest BCUT2D eigenvalue weighted by atomic mass is 16.1. The van der Waals surface area contributed by atoms with E-state index in [4.69, 9.17) is 0 Å². The molecule has 2 aromatic carbocycles. The van der Waals surface area contributed by atoms with Crippen LogP contribution in [0.15, 0.2) is 54.7 Å². The molecule has 5 heteroatoms. The van der Waals surface area contributed by atoms with Crippen molar-refractivity contribution in [1.82, 2.24) is 14.8 Å². The van der Waals surface area contributed by atoms with E-state index < -0.39 is 0 Å². The summed E-state index contributed by atoms with van der Waals surface area (Å²) in [6.07, 6.45) is 3.13. The van der Waals surface area contributed by atoms with Crippen LogP contribution in [0.25, 0.3) is 10.9 Å². The highest BCUT2D eigenvalue weighted by Crippen LogP contribution is 2.22. The van der Waals surface area contributed by atoms with Gasteiger partial charge in [-0.3, -0.25) is 9.48 Å². The Morgan fingerprint density at radius 2 is 1.93 bits per heavy atom. The molecule has 5 nitrogen and oxygen atoms in total. The van der Waals surface area contributed by atoms with Crippen molar-refractivity contribution in [1.29, 1.82) is 0 Å². The largest absolute Gasteiger partial charge is 0.361 e. The van der Waals surface area contributed by atoms with Gasteiger partial charge in [-0.2, -0.15) is 5.10 Å². The van der Waals surface area contributed by atoms with E-state index in [1.807, 2.05) is 42.9 Å². The summed E-state index contributed by atoms with van der Waals surface area (Å²) in [6, 6.07) is 16.6.